The average molecular weight is 280 g/mol. The summed E-state index contributed by atoms with van der Waals surface area (Å²) in [4.78, 5) is 0. The molecule has 2 aliphatic rings. The van der Waals surface area contributed by atoms with E-state index in [1.54, 1.807) is 0 Å². The molecule has 4 atom stereocenters. The van der Waals surface area contributed by atoms with Gasteiger partial charge in [-0.15, -0.1) is 0 Å². The maximum Gasteiger partial charge on any atom is 0.0311 e. The molecular weight excluding hydrogens is 256 g/mol. The molecule has 110 valence electrons. The second-order valence-corrected chi connectivity index (χ2v) is 6.20. The Labute approximate surface area is 127 Å². The quantitative estimate of drug-likeness (QED) is 0.890. The second-order valence-electron chi connectivity index (χ2n) is 6.20. The number of fused-ring (bicyclic) bond motifs is 1. The highest BCUT2D eigenvalue weighted by Gasteiger charge is 2.32. The van der Waals surface area contributed by atoms with Gasteiger partial charge in [0.25, 0.3) is 0 Å². The van der Waals surface area contributed by atoms with Crippen molar-refractivity contribution in [1.29, 1.82) is 0 Å². The van der Waals surface area contributed by atoms with Crippen LogP contribution in [0.4, 0.5) is 0 Å². The van der Waals surface area contributed by atoms with Gasteiger partial charge in [-0.2, -0.15) is 0 Å². The van der Waals surface area contributed by atoms with Gasteiger partial charge in [-0.3, -0.25) is 0 Å². The molecule has 0 fully saturated rings. The zero-order valence-electron chi connectivity index (χ0n) is 12.8. The van der Waals surface area contributed by atoms with E-state index in [2.05, 4.69) is 73.8 Å². The Morgan fingerprint density at radius 3 is 2.76 bits per heavy atom. The van der Waals surface area contributed by atoms with Crippen molar-refractivity contribution in [3.8, 4) is 0 Å². The van der Waals surface area contributed by atoms with E-state index >= 15 is 0 Å². The summed E-state index contributed by atoms with van der Waals surface area (Å²) in [6.45, 7) is 4.36. The number of benzene rings is 1. The number of hydrogen-bond donors (Lipinski definition) is 2. The summed E-state index contributed by atoms with van der Waals surface area (Å²) in [5, 5.41) is 3.78. The fourth-order valence-electron chi connectivity index (χ4n) is 3.36. The third-order valence-corrected chi connectivity index (χ3v) is 4.60. The number of nitrogens with two attached hydrogens (primary N) is 1. The molecule has 4 unspecified atom stereocenters. The van der Waals surface area contributed by atoms with Crippen LogP contribution in [0.25, 0.3) is 0 Å². The Morgan fingerprint density at radius 1 is 1.24 bits per heavy atom. The van der Waals surface area contributed by atoms with Crippen LogP contribution in [0.2, 0.25) is 0 Å². The summed E-state index contributed by atoms with van der Waals surface area (Å²) >= 11 is 0. The van der Waals surface area contributed by atoms with Gasteiger partial charge in [0.1, 0.15) is 0 Å². The minimum Gasteiger partial charge on any atom is -0.324 e. The molecule has 0 aliphatic heterocycles. The predicted molar refractivity (Wildman–Crippen MR) is 89.0 cm³/mol. The van der Waals surface area contributed by atoms with E-state index in [-0.39, 0.29) is 6.04 Å². The van der Waals surface area contributed by atoms with Gasteiger partial charge >= 0.3 is 0 Å². The first-order valence-corrected chi connectivity index (χ1v) is 7.78. The highest BCUT2D eigenvalue weighted by molar-refractivity contribution is 5.37. The van der Waals surface area contributed by atoms with Gasteiger partial charge in [0.05, 0.1) is 0 Å². The van der Waals surface area contributed by atoms with E-state index in [0.717, 1.165) is 6.42 Å². The third kappa shape index (κ3) is 3.02. The molecule has 0 bridgehead atoms. The zero-order chi connectivity index (χ0) is 14.8. The average Bonchev–Trinajstić information content (AvgIpc) is 2.48. The van der Waals surface area contributed by atoms with E-state index in [9.17, 15) is 0 Å². The summed E-state index contributed by atoms with van der Waals surface area (Å²) in [6.07, 6.45) is 11.9. The van der Waals surface area contributed by atoms with Crippen molar-refractivity contribution in [2.24, 2.45) is 11.7 Å². The van der Waals surface area contributed by atoms with Crippen LogP contribution in [0.15, 0.2) is 60.2 Å². The van der Waals surface area contributed by atoms with Crippen LogP contribution in [0.3, 0.4) is 0 Å². The first-order chi connectivity index (χ1) is 10.1. The molecule has 2 nitrogen and oxygen atoms in total. The van der Waals surface area contributed by atoms with Crippen LogP contribution >= 0.6 is 0 Å². The lowest BCUT2D eigenvalue weighted by molar-refractivity contribution is 0.336. The molecule has 0 aromatic heterocycles. The van der Waals surface area contributed by atoms with Crippen molar-refractivity contribution >= 4 is 0 Å². The van der Waals surface area contributed by atoms with Crippen LogP contribution in [0, 0.1) is 12.8 Å². The Bertz CT molecular complexity index is 580. The lowest BCUT2D eigenvalue weighted by Gasteiger charge is -2.37. The van der Waals surface area contributed by atoms with Gasteiger partial charge in [0.2, 0.25) is 0 Å². The topological polar surface area (TPSA) is 38.0 Å². The molecule has 1 aromatic rings. The molecule has 0 saturated heterocycles. The SMILES string of the molecule is Cc1ccc(C(C)NC2CC=CC3=CC=CC(N)C32)cc1. The van der Waals surface area contributed by atoms with Crippen molar-refractivity contribution in [3.05, 3.63) is 71.3 Å². The normalized spacial score (nSPS) is 28.9. The zero-order valence-corrected chi connectivity index (χ0v) is 12.8. The molecule has 3 N–H and O–H groups in total. The number of rotatable bonds is 3. The molecule has 0 spiro atoms. The van der Waals surface area contributed by atoms with Crippen LogP contribution in [0.1, 0.15) is 30.5 Å². The minimum atomic E-state index is 0.109. The van der Waals surface area contributed by atoms with Crippen LogP contribution in [-0.2, 0) is 0 Å². The number of nitrogens with one attached hydrogen (secondary N) is 1. The monoisotopic (exact) mass is 280 g/mol. The van der Waals surface area contributed by atoms with E-state index in [0.29, 0.717) is 18.0 Å². The number of allylic oxidation sites excluding steroid dienone is 3. The molecule has 21 heavy (non-hydrogen) atoms. The molecular formula is C19H24N2. The Kier molecular flexibility index (Phi) is 4.09. The predicted octanol–water partition coefficient (Wildman–Crippen LogP) is 3.41. The van der Waals surface area contributed by atoms with Crippen molar-refractivity contribution in [1.82, 2.24) is 5.32 Å². The summed E-state index contributed by atoms with van der Waals surface area (Å²) in [5.74, 6) is 0.382. The van der Waals surface area contributed by atoms with Crippen molar-refractivity contribution < 1.29 is 0 Å². The number of hydrogen-bond acceptors (Lipinski definition) is 2. The van der Waals surface area contributed by atoms with Crippen LogP contribution in [-0.4, -0.2) is 12.1 Å². The van der Waals surface area contributed by atoms with Crippen molar-refractivity contribution in [3.63, 3.8) is 0 Å². The number of aryl methyl sites for hydroxylation is 1. The molecule has 0 saturated carbocycles. The molecule has 0 heterocycles. The van der Waals surface area contributed by atoms with E-state index in [1.807, 2.05) is 0 Å². The molecule has 3 rings (SSSR count). The lowest BCUT2D eigenvalue weighted by atomic mass is 9.77. The van der Waals surface area contributed by atoms with E-state index in [4.69, 9.17) is 5.73 Å². The molecule has 2 aliphatic carbocycles. The Hall–Kier alpha value is -1.64. The lowest BCUT2D eigenvalue weighted by Crippen LogP contribution is -2.47. The minimum absolute atomic E-state index is 0.109. The molecule has 2 heteroatoms. The summed E-state index contributed by atoms with van der Waals surface area (Å²) in [5.41, 5.74) is 10.3. The maximum absolute atomic E-state index is 6.31. The van der Waals surface area contributed by atoms with Gasteiger partial charge in [-0.05, 0) is 31.4 Å². The van der Waals surface area contributed by atoms with Gasteiger partial charge in [-0.1, -0.05) is 60.2 Å². The molecule has 0 amide bonds. The molecule has 0 radical (unpaired) electrons. The van der Waals surface area contributed by atoms with E-state index < -0.39 is 0 Å². The summed E-state index contributed by atoms with van der Waals surface area (Å²) in [7, 11) is 0. The van der Waals surface area contributed by atoms with Gasteiger partial charge in [-0.25, -0.2) is 0 Å². The smallest absolute Gasteiger partial charge is 0.0311 e. The fraction of sp³-hybridized carbons (Fsp3) is 0.368. The first kappa shape index (κ1) is 14.3. The Morgan fingerprint density at radius 2 is 2.00 bits per heavy atom. The van der Waals surface area contributed by atoms with Gasteiger partial charge < -0.3 is 11.1 Å². The van der Waals surface area contributed by atoms with Crippen LogP contribution in [0.5, 0.6) is 0 Å². The maximum atomic E-state index is 6.31. The second kappa shape index (κ2) is 6.00. The highest BCUT2D eigenvalue weighted by atomic mass is 15.0. The largest absolute Gasteiger partial charge is 0.324 e. The van der Waals surface area contributed by atoms with Crippen molar-refractivity contribution in [2.75, 3.05) is 0 Å². The van der Waals surface area contributed by atoms with Crippen molar-refractivity contribution in [2.45, 2.75) is 38.4 Å². The molecule has 1 aromatic carbocycles. The summed E-state index contributed by atoms with van der Waals surface area (Å²) in [6, 6.07) is 9.62. The highest BCUT2D eigenvalue weighted by Crippen LogP contribution is 2.31. The Balaban J connectivity index is 1.75. The standard InChI is InChI=1S/C19H24N2/c1-13-9-11-15(12-10-13)14(2)21-18-8-4-6-16-5-3-7-17(20)19(16)18/h3-7,9-12,14,17-19,21H,8,20H2,1-2H3. The van der Waals surface area contributed by atoms with Gasteiger partial charge in [0.15, 0.2) is 0 Å². The third-order valence-electron chi connectivity index (χ3n) is 4.60. The fourth-order valence-corrected chi connectivity index (χ4v) is 3.36. The first-order valence-electron chi connectivity index (χ1n) is 7.78. The van der Waals surface area contributed by atoms with Gasteiger partial charge in [0, 0.05) is 24.0 Å². The summed E-state index contributed by atoms with van der Waals surface area (Å²) < 4.78 is 0. The van der Waals surface area contributed by atoms with Crippen LogP contribution < -0.4 is 11.1 Å². The van der Waals surface area contributed by atoms with E-state index in [1.165, 1.54) is 16.7 Å².